The molecule has 1 aromatic carbocycles. The normalized spacial score (nSPS) is 21.8. The molecular formula is C19H30N2O. The number of likely N-dealkylation sites (tertiary alicyclic amines) is 1. The molecule has 2 fully saturated rings. The van der Waals surface area contributed by atoms with Gasteiger partial charge in [0.1, 0.15) is 0 Å². The summed E-state index contributed by atoms with van der Waals surface area (Å²) in [4.78, 5) is 5.07. The van der Waals surface area contributed by atoms with Crippen LogP contribution in [0, 0.1) is 5.92 Å². The Morgan fingerprint density at radius 2 is 1.50 bits per heavy atom. The lowest BCUT2D eigenvalue weighted by Crippen LogP contribution is -2.34. The van der Waals surface area contributed by atoms with Gasteiger partial charge in [0.15, 0.2) is 0 Å². The molecule has 0 bridgehead atoms. The van der Waals surface area contributed by atoms with Crippen LogP contribution < -0.4 is 4.90 Å². The highest BCUT2D eigenvalue weighted by atomic mass is 16.3. The minimum atomic E-state index is 0.359. The minimum Gasteiger partial charge on any atom is -0.396 e. The van der Waals surface area contributed by atoms with Gasteiger partial charge in [-0.15, -0.1) is 0 Å². The number of aliphatic hydroxyl groups is 1. The minimum absolute atomic E-state index is 0.359. The Kier molecular flexibility index (Phi) is 5.74. The molecule has 3 heteroatoms. The van der Waals surface area contributed by atoms with Crippen molar-refractivity contribution in [3.05, 3.63) is 29.8 Å². The molecule has 1 N–H and O–H groups in total. The standard InChI is InChI=1S/C19H30N2O/c22-16-18-9-13-20(14-10-18)15-17-5-7-19(8-6-17)21-11-3-1-2-4-12-21/h5-8,18,22H,1-4,9-16H2. The van der Waals surface area contributed by atoms with Gasteiger partial charge < -0.3 is 10.0 Å². The summed E-state index contributed by atoms with van der Waals surface area (Å²) in [6.07, 6.45) is 7.73. The summed E-state index contributed by atoms with van der Waals surface area (Å²) in [5.41, 5.74) is 2.81. The van der Waals surface area contributed by atoms with Crippen LogP contribution in [0.1, 0.15) is 44.1 Å². The largest absolute Gasteiger partial charge is 0.396 e. The third-order valence-corrected chi connectivity index (χ3v) is 5.28. The van der Waals surface area contributed by atoms with E-state index in [0.29, 0.717) is 12.5 Å². The van der Waals surface area contributed by atoms with Gasteiger partial charge in [-0.05, 0) is 62.4 Å². The maximum absolute atomic E-state index is 9.22. The molecule has 0 aliphatic carbocycles. The van der Waals surface area contributed by atoms with E-state index in [0.717, 1.165) is 32.5 Å². The number of benzene rings is 1. The lowest BCUT2D eigenvalue weighted by Gasteiger charge is -2.31. The zero-order chi connectivity index (χ0) is 15.2. The number of aliphatic hydroxyl groups excluding tert-OH is 1. The number of hydrogen-bond donors (Lipinski definition) is 1. The van der Waals surface area contributed by atoms with E-state index in [1.165, 1.54) is 50.0 Å². The smallest absolute Gasteiger partial charge is 0.0460 e. The molecule has 2 aliphatic rings. The zero-order valence-electron chi connectivity index (χ0n) is 13.7. The van der Waals surface area contributed by atoms with Gasteiger partial charge in [0.05, 0.1) is 0 Å². The van der Waals surface area contributed by atoms with Gasteiger partial charge in [-0.25, -0.2) is 0 Å². The molecule has 2 saturated heterocycles. The summed E-state index contributed by atoms with van der Waals surface area (Å²) in [5.74, 6) is 0.529. The molecule has 0 atom stereocenters. The summed E-state index contributed by atoms with van der Waals surface area (Å²) in [5, 5.41) is 9.22. The fourth-order valence-corrected chi connectivity index (χ4v) is 3.73. The van der Waals surface area contributed by atoms with Crippen LogP contribution in [0.4, 0.5) is 5.69 Å². The third-order valence-electron chi connectivity index (χ3n) is 5.28. The number of rotatable bonds is 4. The quantitative estimate of drug-likeness (QED) is 0.924. The first-order valence-electron chi connectivity index (χ1n) is 9.02. The summed E-state index contributed by atoms with van der Waals surface area (Å²) < 4.78 is 0. The molecule has 0 spiro atoms. The Labute approximate surface area is 134 Å². The molecule has 1 aromatic rings. The Balaban J connectivity index is 1.53. The molecule has 0 saturated carbocycles. The number of anilines is 1. The van der Waals surface area contributed by atoms with Crippen molar-refractivity contribution in [3.63, 3.8) is 0 Å². The van der Waals surface area contributed by atoms with E-state index in [1.54, 1.807) is 0 Å². The van der Waals surface area contributed by atoms with Gasteiger partial charge in [-0.3, -0.25) is 4.90 Å². The fraction of sp³-hybridized carbons (Fsp3) is 0.684. The summed E-state index contributed by atoms with van der Waals surface area (Å²) >= 11 is 0. The monoisotopic (exact) mass is 302 g/mol. The van der Waals surface area contributed by atoms with Crippen LogP contribution in [0.3, 0.4) is 0 Å². The first-order chi connectivity index (χ1) is 10.8. The number of hydrogen-bond acceptors (Lipinski definition) is 3. The highest BCUT2D eigenvalue weighted by molar-refractivity contribution is 5.47. The average Bonchev–Trinajstić information content (AvgIpc) is 2.86. The highest BCUT2D eigenvalue weighted by Crippen LogP contribution is 2.22. The third kappa shape index (κ3) is 4.23. The summed E-state index contributed by atoms with van der Waals surface area (Å²) in [6.45, 7) is 6.09. The number of piperidine rings is 1. The Morgan fingerprint density at radius 3 is 2.09 bits per heavy atom. The van der Waals surface area contributed by atoms with Crippen molar-refractivity contribution in [2.75, 3.05) is 37.7 Å². The van der Waals surface area contributed by atoms with Crippen molar-refractivity contribution in [2.24, 2.45) is 5.92 Å². The second-order valence-corrected chi connectivity index (χ2v) is 6.97. The van der Waals surface area contributed by atoms with Crippen LogP contribution in [0.5, 0.6) is 0 Å². The zero-order valence-corrected chi connectivity index (χ0v) is 13.7. The Morgan fingerprint density at radius 1 is 0.864 bits per heavy atom. The van der Waals surface area contributed by atoms with E-state index in [-0.39, 0.29) is 0 Å². The first-order valence-corrected chi connectivity index (χ1v) is 9.02. The van der Waals surface area contributed by atoms with Gasteiger partial charge in [0.25, 0.3) is 0 Å². The van der Waals surface area contributed by atoms with Gasteiger partial charge >= 0.3 is 0 Å². The molecule has 2 aliphatic heterocycles. The van der Waals surface area contributed by atoms with Crippen molar-refractivity contribution >= 4 is 5.69 Å². The van der Waals surface area contributed by atoms with Gasteiger partial charge in [0.2, 0.25) is 0 Å². The molecule has 0 unspecified atom stereocenters. The maximum atomic E-state index is 9.22. The maximum Gasteiger partial charge on any atom is 0.0460 e. The summed E-state index contributed by atoms with van der Waals surface area (Å²) in [7, 11) is 0. The van der Waals surface area contributed by atoms with Gasteiger partial charge in [-0.1, -0.05) is 25.0 Å². The molecule has 3 rings (SSSR count). The van der Waals surface area contributed by atoms with Crippen LogP contribution in [0.2, 0.25) is 0 Å². The van der Waals surface area contributed by atoms with Crippen LogP contribution >= 0.6 is 0 Å². The lowest BCUT2D eigenvalue weighted by molar-refractivity contribution is 0.127. The van der Waals surface area contributed by atoms with Crippen LogP contribution in [0.15, 0.2) is 24.3 Å². The van der Waals surface area contributed by atoms with Crippen molar-refractivity contribution in [1.82, 2.24) is 4.90 Å². The predicted octanol–water partition coefficient (Wildman–Crippen LogP) is 3.27. The first kappa shape index (κ1) is 15.8. The second kappa shape index (κ2) is 7.98. The molecule has 0 radical (unpaired) electrons. The van der Waals surface area contributed by atoms with Crippen molar-refractivity contribution in [2.45, 2.75) is 45.1 Å². The van der Waals surface area contributed by atoms with Gasteiger partial charge in [0, 0.05) is 31.9 Å². The highest BCUT2D eigenvalue weighted by Gasteiger charge is 2.18. The van der Waals surface area contributed by atoms with Crippen LogP contribution in [0.25, 0.3) is 0 Å². The molecule has 2 heterocycles. The predicted molar refractivity (Wildman–Crippen MR) is 92.2 cm³/mol. The van der Waals surface area contributed by atoms with E-state index >= 15 is 0 Å². The molecule has 22 heavy (non-hydrogen) atoms. The van der Waals surface area contributed by atoms with Crippen molar-refractivity contribution in [1.29, 1.82) is 0 Å². The van der Waals surface area contributed by atoms with Crippen LogP contribution in [-0.4, -0.2) is 42.8 Å². The van der Waals surface area contributed by atoms with Gasteiger partial charge in [-0.2, -0.15) is 0 Å². The Hall–Kier alpha value is -1.06. The molecule has 0 amide bonds. The second-order valence-electron chi connectivity index (χ2n) is 6.97. The lowest BCUT2D eigenvalue weighted by atomic mass is 9.97. The van der Waals surface area contributed by atoms with E-state index in [2.05, 4.69) is 34.1 Å². The molecule has 3 nitrogen and oxygen atoms in total. The fourth-order valence-electron chi connectivity index (χ4n) is 3.73. The van der Waals surface area contributed by atoms with Crippen molar-refractivity contribution in [3.8, 4) is 0 Å². The van der Waals surface area contributed by atoms with E-state index in [9.17, 15) is 5.11 Å². The molecular weight excluding hydrogens is 272 g/mol. The van der Waals surface area contributed by atoms with E-state index in [1.807, 2.05) is 0 Å². The van der Waals surface area contributed by atoms with Crippen molar-refractivity contribution < 1.29 is 5.11 Å². The Bertz CT molecular complexity index is 429. The van der Waals surface area contributed by atoms with E-state index in [4.69, 9.17) is 0 Å². The van der Waals surface area contributed by atoms with E-state index < -0.39 is 0 Å². The average molecular weight is 302 g/mol. The van der Waals surface area contributed by atoms with Crippen LogP contribution in [-0.2, 0) is 6.54 Å². The number of nitrogens with zero attached hydrogens (tertiary/aromatic N) is 2. The molecule has 122 valence electrons. The topological polar surface area (TPSA) is 26.7 Å². The SMILES string of the molecule is OCC1CCN(Cc2ccc(N3CCCCCC3)cc2)CC1. The molecule has 0 aromatic heterocycles. The summed E-state index contributed by atoms with van der Waals surface area (Å²) in [6, 6.07) is 9.22.